The third-order valence-electron chi connectivity index (χ3n) is 2.20. The molecule has 0 saturated heterocycles. The molecule has 1 amide bonds. The number of hydrogen-bond acceptors (Lipinski definition) is 7. The molecule has 102 valence electrons. The molecule has 0 rings (SSSR count). The van der Waals surface area contributed by atoms with Crippen molar-refractivity contribution in [3.8, 4) is 0 Å². The van der Waals surface area contributed by atoms with Gasteiger partial charge in [0.05, 0.1) is 6.61 Å². The summed E-state index contributed by atoms with van der Waals surface area (Å²) in [4.78, 5) is 11.3. The lowest BCUT2D eigenvalue weighted by molar-refractivity contribution is -0.148. The first-order valence-electron chi connectivity index (χ1n) is 5.26. The SMILES string of the molecule is NCCCNC(=O)C(O)C(O)C(O)C(O)CO. The van der Waals surface area contributed by atoms with E-state index < -0.39 is 36.9 Å². The minimum absolute atomic E-state index is 0.234. The van der Waals surface area contributed by atoms with Gasteiger partial charge in [0.1, 0.15) is 18.3 Å². The predicted molar refractivity (Wildman–Crippen MR) is 57.8 cm³/mol. The van der Waals surface area contributed by atoms with E-state index in [1.807, 2.05) is 0 Å². The van der Waals surface area contributed by atoms with E-state index in [2.05, 4.69) is 5.32 Å². The minimum atomic E-state index is -1.89. The van der Waals surface area contributed by atoms with Crippen molar-refractivity contribution in [1.82, 2.24) is 5.32 Å². The fourth-order valence-electron chi connectivity index (χ4n) is 1.10. The molecule has 0 aliphatic rings. The van der Waals surface area contributed by atoms with Crippen LogP contribution in [0.4, 0.5) is 0 Å². The van der Waals surface area contributed by atoms with E-state index >= 15 is 0 Å². The highest BCUT2D eigenvalue weighted by molar-refractivity contribution is 5.81. The number of nitrogens with one attached hydrogen (secondary N) is 1. The molecule has 0 heterocycles. The van der Waals surface area contributed by atoms with Gasteiger partial charge in [-0.2, -0.15) is 0 Å². The Bertz CT molecular complexity index is 228. The van der Waals surface area contributed by atoms with Gasteiger partial charge >= 0.3 is 0 Å². The Kier molecular flexibility index (Phi) is 7.96. The van der Waals surface area contributed by atoms with Crippen LogP contribution in [0.3, 0.4) is 0 Å². The van der Waals surface area contributed by atoms with Crippen LogP contribution in [0.15, 0.2) is 0 Å². The molecule has 8 N–H and O–H groups in total. The summed E-state index contributed by atoms with van der Waals surface area (Å²) in [5.74, 6) is -0.880. The minimum Gasteiger partial charge on any atom is -0.394 e. The van der Waals surface area contributed by atoms with Crippen molar-refractivity contribution in [3.63, 3.8) is 0 Å². The van der Waals surface area contributed by atoms with Crippen molar-refractivity contribution < 1.29 is 30.3 Å². The summed E-state index contributed by atoms with van der Waals surface area (Å²) >= 11 is 0. The van der Waals surface area contributed by atoms with Gasteiger partial charge in [-0.15, -0.1) is 0 Å². The van der Waals surface area contributed by atoms with Crippen LogP contribution in [0.2, 0.25) is 0 Å². The van der Waals surface area contributed by atoms with Gasteiger partial charge in [0.25, 0.3) is 5.91 Å². The number of aliphatic hydroxyl groups excluding tert-OH is 5. The highest BCUT2D eigenvalue weighted by atomic mass is 16.4. The Labute approximate surface area is 98.7 Å². The van der Waals surface area contributed by atoms with Crippen LogP contribution in [0.25, 0.3) is 0 Å². The molecule has 4 atom stereocenters. The van der Waals surface area contributed by atoms with Crippen molar-refractivity contribution in [1.29, 1.82) is 0 Å². The maximum Gasteiger partial charge on any atom is 0.251 e. The lowest BCUT2D eigenvalue weighted by Gasteiger charge is -2.24. The van der Waals surface area contributed by atoms with Crippen molar-refractivity contribution in [2.75, 3.05) is 19.7 Å². The van der Waals surface area contributed by atoms with Gasteiger partial charge in [0.2, 0.25) is 0 Å². The summed E-state index contributed by atoms with van der Waals surface area (Å²) in [6.07, 6.45) is -6.69. The van der Waals surface area contributed by atoms with Gasteiger partial charge in [-0.3, -0.25) is 4.79 Å². The molecule has 0 aliphatic heterocycles. The van der Waals surface area contributed by atoms with Crippen LogP contribution >= 0.6 is 0 Å². The molecule has 0 aromatic carbocycles. The molecular weight excluding hydrogens is 232 g/mol. The molecule has 0 aliphatic carbocycles. The third-order valence-corrected chi connectivity index (χ3v) is 2.20. The lowest BCUT2D eigenvalue weighted by atomic mass is 10.0. The summed E-state index contributed by atoms with van der Waals surface area (Å²) in [5.41, 5.74) is 5.19. The number of hydrogen-bond donors (Lipinski definition) is 7. The number of amides is 1. The van der Waals surface area contributed by atoms with Crippen LogP contribution in [0.1, 0.15) is 6.42 Å². The Balaban J connectivity index is 4.18. The number of carbonyl (C=O) groups is 1. The summed E-state index contributed by atoms with van der Waals surface area (Å²) < 4.78 is 0. The molecular formula is C9H20N2O6. The summed E-state index contributed by atoms with van der Waals surface area (Å²) in [6.45, 7) is -0.192. The zero-order valence-electron chi connectivity index (χ0n) is 9.36. The van der Waals surface area contributed by atoms with E-state index in [0.717, 1.165) is 0 Å². The van der Waals surface area contributed by atoms with E-state index in [9.17, 15) is 20.1 Å². The monoisotopic (exact) mass is 252 g/mol. The number of aliphatic hydroxyl groups is 5. The first-order chi connectivity index (χ1) is 7.95. The zero-order chi connectivity index (χ0) is 13.4. The smallest absolute Gasteiger partial charge is 0.251 e. The molecule has 0 saturated carbocycles. The average molecular weight is 252 g/mol. The molecule has 17 heavy (non-hydrogen) atoms. The molecule has 0 radical (unpaired) electrons. The Hall–Kier alpha value is -0.770. The molecule has 0 aromatic heterocycles. The van der Waals surface area contributed by atoms with Gasteiger partial charge in [-0.05, 0) is 13.0 Å². The fourth-order valence-corrected chi connectivity index (χ4v) is 1.10. The summed E-state index contributed by atoms with van der Waals surface area (Å²) in [7, 11) is 0. The van der Waals surface area contributed by atoms with Crippen LogP contribution in [-0.4, -0.2) is 75.6 Å². The maximum absolute atomic E-state index is 11.3. The van der Waals surface area contributed by atoms with Gasteiger partial charge in [0, 0.05) is 6.54 Å². The average Bonchev–Trinajstić information content (AvgIpc) is 2.35. The van der Waals surface area contributed by atoms with E-state index in [-0.39, 0.29) is 6.54 Å². The van der Waals surface area contributed by atoms with Crippen LogP contribution < -0.4 is 11.1 Å². The quantitative estimate of drug-likeness (QED) is 0.216. The molecule has 0 aromatic rings. The summed E-state index contributed by atoms with van der Waals surface area (Å²) in [5, 5.41) is 47.8. The molecule has 8 heteroatoms. The third kappa shape index (κ3) is 5.39. The molecule has 0 spiro atoms. The van der Waals surface area contributed by atoms with Crippen molar-refractivity contribution in [3.05, 3.63) is 0 Å². The Morgan fingerprint density at radius 2 is 1.76 bits per heavy atom. The van der Waals surface area contributed by atoms with Gasteiger partial charge in [0.15, 0.2) is 6.10 Å². The van der Waals surface area contributed by atoms with Gasteiger partial charge < -0.3 is 36.6 Å². The first-order valence-corrected chi connectivity index (χ1v) is 5.26. The molecule has 8 nitrogen and oxygen atoms in total. The highest BCUT2D eigenvalue weighted by Gasteiger charge is 2.33. The second kappa shape index (κ2) is 8.34. The Morgan fingerprint density at radius 3 is 2.24 bits per heavy atom. The summed E-state index contributed by atoms with van der Waals surface area (Å²) in [6, 6.07) is 0. The van der Waals surface area contributed by atoms with Crippen molar-refractivity contribution in [2.45, 2.75) is 30.8 Å². The van der Waals surface area contributed by atoms with Crippen LogP contribution in [0, 0.1) is 0 Å². The second-order valence-corrected chi connectivity index (χ2v) is 3.61. The fraction of sp³-hybridized carbons (Fsp3) is 0.889. The Morgan fingerprint density at radius 1 is 1.18 bits per heavy atom. The number of carbonyl (C=O) groups excluding carboxylic acids is 1. The first kappa shape index (κ1) is 16.2. The lowest BCUT2D eigenvalue weighted by Crippen LogP contribution is -2.51. The van der Waals surface area contributed by atoms with Gasteiger partial charge in [-0.1, -0.05) is 0 Å². The topological polar surface area (TPSA) is 156 Å². The number of nitrogens with two attached hydrogens (primary N) is 1. The van der Waals surface area contributed by atoms with Gasteiger partial charge in [-0.25, -0.2) is 0 Å². The highest BCUT2D eigenvalue weighted by Crippen LogP contribution is 2.05. The molecule has 4 unspecified atom stereocenters. The number of rotatable bonds is 8. The van der Waals surface area contributed by atoms with Crippen molar-refractivity contribution in [2.24, 2.45) is 5.73 Å². The molecule has 0 bridgehead atoms. The van der Waals surface area contributed by atoms with E-state index in [1.54, 1.807) is 0 Å². The standard InChI is InChI=1S/C9H20N2O6/c10-2-1-3-11-9(17)8(16)7(15)6(14)5(13)4-12/h5-8,12-16H,1-4,10H2,(H,11,17). The van der Waals surface area contributed by atoms with E-state index in [4.69, 9.17) is 15.9 Å². The van der Waals surface area contributed by atoms with E-state index in [0.29, 0.717) is 13.0 Å². The maximum atomic E-state index is 11.3. The van der Waals surface area contributed by atoms with Crippen LogP contribution in [0.5, 0.6) is 0 Å². The van der Waals surface area contributed by atoms with E-state index in [1.165, 1.54) is 0 Å². The normalized spacial score (nSPS) is 18.2. The van der Waals surface area contributed by atoms with Crippen molar-refractivity contribution >= 4 is 5.91 Å². The second-order valence-electron chi connectivity index (χ2n) is 3.61. The largest absolute Gasteiger partial charge is 0.394 e. The zero-order valence-corrected chi connectivity index (χ0v) is 9.36. The predicted octanol–water partition coefficient (Wildman–Crippen LogP) is -4.11. The molecule has 0 fully saturated rings. The van der Waals surface area contributed by atoms with Crippen LogP contribution in [-0.2, 0) is 4.79 Å².